The summed E-state index contributed by atoms with van der Waals surface area (Å²) in [6.45, 7) is 5.32. The lowest BCUT2D eigenvalue weighted by atomic mass is 9.94. The molecule has 1 aliphatic heterocycles. The van der Waals surface area contributed by atoms with Gasteiger partial charge in [0, 0.05) is 43.2 Å². The van der Waals surface area contributed by atoms with E-state index in [-0.39, 0.29) is 18.2 Å². The van der Waals surface area contributed by atoms with Gasteiger partial charge in [-0.05, 0) is 23.6 Å². The lowest BCUT2D eigenvalue weighted by Crippen LogP contribution is -2.36. The van der Waals surface area contributed by atoms with E-state index in [1.807, 2.05) is 6.92 Å². The number of morpholine rings is 1. The van der Waals surface area contributed by atoms with Gasteiger partial charge in [0.2, 0.25) is 5.91 Å². The molecule has 7 heteroatoms. The molecule has 0 spiro atoms. The molecule has 0 bridgehead atoms. The van der Waals surface area contributed by atoms with Gasteiger partial charge >= 0.3 is 0 Å². The number of anilines is 1. The lowest BCUT2D eigenvalue weighted by Gasteiger charge is -2.29. The van der Waals surface area contributed by atoms with Crippen molar-refractivity contribution in [3.63, 3.8) is 0 Å². The minimum Gasteiger partial charge on any atom is -0.378 e. The number of aromatic nitrogens is 3. The minimum atomic E-state index is -0.325. The number of nitrogens with one attached hydrogen (secondary N) is 1. The Labute approximate surface area is 157 Å². The topological polar surface area (TPSA) is 97.1 Å². The Morgan fingerprint density at radius 1 is 1.22 bits per heavy atom. The summed E-state index contributed by atoms with van der Waals surface area (Å²) in [5, 5.41) is 0. The molecule has 3 heterocycles. The van der Waals surface area contributed by atoms with E-state index >= 15 is 0 Å². The van der Waals surface area contributed by atoms with E-state index < -0.39 is 0 Å². The van der Waals surface area contributed by atoms with Crippen LogP contribution < -0.4 is 10.6 Å². The van der Waals surface area contributed by atoms with Crippen LogP contribution in [0.25, 0.3) is 22.4 Å². The fraction of sp³-hybridized carbons (Fsp3) is 0.350. The average Bonchev–Trinajstić information content (AvgIpc) is 3.08. The van der Waals surface area contributed by atoms with Crippen molar-refractivity contribution in [2.75, 3.05) is 31.2 Å². The number of aromatic amines is 1. The Hall–Kier alpha value is -2.93. The van der Waals surface area contributed by atoms with Crippen molar-refractivity contribution < 1.29 is 9.53 Å². The van der Waals surface area contributed by atoms with E-state index in [1.165, 1.54) is 5.69 Å². The number of carbonyl (C=O) groups excluding carboxylic acids is 1. The van der Waals surface area contributed by atoms with Crippen LogP contribution in [0.3, 0.4) is 0 Å². The second kappa shape index (κ2) is 7.36. The van der Waals surface area contributed by atoms with Gasteiger partial charge in [-0.15, -0.1) is 0 Å². The first-order valence-electron chi connectivity index (χ1n) is 9.17. The molecule has 1 fully saturated rings. The third-order valence-corrected chi connectivity index (χ3v) is 5.00. The summed E-state index contributed by atoms with van der Waals surface area (Å²) in [7, 11) is 0. The molecule has 0 saturated carbocycles. The van der Waals surface area contributed by atoms with Gasteiger partial charge in [-0.2, -0.15) is 0 Å². The molecule has 4 rings (SSSR count). The van der Waals surface area contributed by atoms with E-state index in [9.17, 15) is 4.79 Å². The largest absolute Gasteiger partial charge is 0.378 e. The molecule has 1 saturated heterocycles. The maximum Gasteiger partial charge on any atom is 0.218 e. The zero-order chi connectivity index (χ0) is 18.8. The van der Waals surface area contributed by atoms with Crippen LogP contribution in [0, 0.1) is 0 Å². The molecule has 1 aromatic carbocycles. The number of fused-ring (bicyclic) bond motifs is 1. The van der Waals surface area contributed by atoms with Gasteiger partial charge in [0.05, 0.1) is 18.9 Å². The van der Waals surface area contributed by atoms with Crippen LogP contribution in [-0.2, 0) is 9.53 Å². The number of hydrogen-bond donors (Lipinski definition) is 2. The Morgan fingerprint density at radius 2 is 1.93 bits per heavy atom. The molecule has 3 aromatic rings. The van der Waals surface area contributed by atoms with E-state index in [2.05, 4.69) is 44.1 Å². The number of rotatable bonds is 5. The van der Waals surface area contributed by atoms with Crippen LogP contribution in [0.5, 0.6) is 0 Å². The highest BCUT2D eigenvalue weighted by atomic mass is 16.5. The molecular formula is C20H23N5O2. The van der Waals surface area contributed by atoms with Crippen LogP contribution in [0.15, 0.2) is 36.7 Å². The van der Waals surface area contributed by atoms with E-state index in [1.54, 1.807) is 12.4 Å². The summed E-state index contributed by atoms with van der Waals surface area (Å²) in [4.78, 5) is 26.0. The van der Waals surface area contributed by atoms with Crippen LogP contribution in [0.1, 0.15) is 24.8 Å². The summed E-state index contributed by atoms with van der Waals surface area (Å²) in [6.07, 6.45) is 3.59. The normalized spacial score (nSPS) is 15.8. The molecule has 3 N–H and O–H groups in total. The molecule has 1 unspecified atom stereocenters. The van der Waals surface area contributed by atoms with Crippen LogP contribution in [0.4, 0.5) is 5.69 Å². The average molecular weight is 365 g/mol. The Kier molecular flexibility index (Phi) is 4.77. The van der Waals surface area contributed by atoms with Gasteiger partial charge in [-0.25, -0.2) is 4.98 Å². The van der Waals surface area contributed by atoms with Gasteiger partial charge < -0.3 is 20.4 Å². The second-order valence-corrected chi connectivity index (χ2v) is 6.89. The summed E-state index contributed by atoms with van der Waals surface area (Å²) in [5.41, 5.74) is 11.1. The maximum absolute atomic E-state index is 11.5. The number of carbonyl (C=O) groups is 1. The molecule has 7 nitrogen and oxygen atoms in total. The maximum atomic E-state index is 11.5. The van der Waals surface area contributed by atoms with E-state index in [0.29, 0.717) is 0 Å². The Bertz CT molecular complexity index is 945. The molecule has 1 atom stereocenters. The third-order valence-electron chi connectivity index (χ3n) is 5.00. The minimum absolute atomic E-state index is 0.0538. The van der Waals surface area contributed by atoms with Crippen LogP contribution in [0.2, 0.25) is 0 Å². The fourth-order valence-corrected chi connectivity index (χ4v) is 3.70. The smallest absolute Gasteiger partial charge is 0.218 e. The molecule has 27 heavy (non-hydrogen) atoms. The number of hydrogen-bond acceptors (Lipinski definition) is 5. The van der Waals surface area contributed by atoms with Crippen molar-refractivity contribution in [2.45, 2.75) is 19.3 Å². The van der Waals surface area contributed by atoms with Gasteiger partial charge in [-0.3, -0.25) is 9.78 Å². The van der Waals surface area contributed by atoms with Crippen molar-refractivity contribution >= 4 is 22.8 Å². The third kappa shape index (κ3) is 3.50. The number of nitrogens with zero attached hydrogens (tertiary/aromatic N) is 3. The monoisotopic (exact) mass is 365 g/mol. The quantitative estimate of drug-likeness (QED) is 0.724. The first kappa shape index (κ1) is 17.5. The van der Waals surface area contributed by atoms with Crippen molar-refractivity contribution in [1.82, 2.24) is 15.0 Å². The lowest BCUT2D eigenvalue weighted by molar-refractivity contribution is -0.118. The molecule has 1 aliphatic rings. The SMILES string of the molecule is CC(CC(N)=O)c1c(-c2ccc(N3CCOCC3)cc2)[nH]c2nccnc12. The number of benzene rings is 1. The number of primary amides is 1. The number of nitrogens with two attached hydrogens (primary N) is 1. The first-order valence-corrected chi connectivity index (χ1v) is 9.17. The van der Waals surface area contributed by atoms with Crippen LogP contribution >= 0.6 is 0 Å². The molecule has 140 valence electrons. The number of ether oxygens (including phenoxy) is 1. The summed E-state index contributed by atoms with van der Waals surface area (Å²) >= 11 is 0. The van der Waals surface area contributed by atoms with Gasteiger partial charge in [0.15, 0.2) is 5.65 Å². The van der Waals surface area contributed by atoms with Crippen molar-refractivity contribution in [3.05, 3.63) is 42.2 Å². The Balaban J connectivity index is 1.73. The van der Waals surface area contributed by atoms with Crippen molar-refractivity contribution in [2.24, 2.45) is 5.73 Å². The van der Waals surface area contributed by atoms with Gasteiger partial charge in [0.1, 0.15) is 5.52 Å². The number of H-pyrrole nitrogens is 1. The number of amides is 1. The summed E-state index contributed by atoms with van der Waals surface area (Å²) in [6, 6.07) is 8.43. The summed E-state index contributed by atoms with van der Waals surface area (Å²) in [5.74, 6) is -0.378. The van der Waals surface area contributed by atoms with Crippen molar-refractivity contribution in [3.8, 4) is 11.3 Å². The molecular weight excluding hydrogens is 342 g/mol. The zero-order valence-electron chi connectivity index (χ0n) is 15.3. The molecule has 1 amide bonds. The van der Waals surface area contributed by atoms with E-state index in [4.69, 9.17) is 10.5 Å². The van der Waals surface area contributed by atoms with E-state index in [0.717, 1.165) is 54.3 Å². The zero-order valence-corrected chi connectivity index (χ0v) is 15.3. The standard InChI is InChI=1S/C20H23N5O2/c1-13(12-16(21)26)17-18(24-20-19(17)22-6-7-23-20)14-2-4-15(5-3-14)25-8-10-27-11-9-25/h2-7,13H,8-12H2,1H3,(H2,21,26)(H,23,24). The molecule has 0 aliphatic carbocycles. The predicted octanol–water partition coefficient (Wildman–Crippen LogP) is 2.44. The highest BCUT2D eigenvalue weighted by molar-refractivity contribution is 5.87. The Morgan fingerprint density at radius 3 is 2.63 bits per heavy atom. The highest BCUT2D eigenvalue weighted by Gasteiger charge is 2.22. The molecule has 0 radical (unpaired) electrons. The van der Waals surface area contributed by atoms with Crippen molar-refractivity contribution in [1.29, 1.82) is 0 Å². The predicted molar refractivity (Wildman–Crippen MR) is 105 cm³/mol. The molecule has 2 aromatic heterocycles. The highest BCUT2D eigenvalue weighted by Crippen LogP contribution is 2.36. The van der Waals surface area contributed by atoms with Gasteiger partial charge in [0.25, 0.3) is 0 Å². The van der Waals surface area contributed by atoms with Gasteiger partial charge in [-0.1, -0.05) is 19.1 Å². The fourth-order valence-electron chi connectivity index (χ4n) is 3.70. The summed E-state index contributed by atoms with van der Waals surface area (Å²) < 4.78 is 5.42. The van der Waals surface area contributed by atoms with Crippen LogP contribution in [-0.4, -0.2) is 47.2 Å². The first-order chi connectivity index (χ1) is 13.1. The second-order valence-electron chi connectivity index (χ2n) is 6.89.